The van der Waals surface area contributed by atoms with Gasteiger partial charge in [-0.15, -0.1) is 0 Å². The number of hydrogen-bond acceptors (Lipinski definition) is 2. The van der Waals surface area contributed by atoms with Crippen molar-refractivity contribution in [2.24, 2.45) is 0 Å². The van der Waals surface area contributed by atoms with E-state index in [4.69, 9.17) is 9.84 Å². The smallest absolute Gasteiger partial charge is 0.123 e. The summed E-state index contributed by atoms with van der Waals surface area (Å²) in [6, 6.07) is 5.93. The first-order valence-electron chi connectivity index (χ1n) is 4.49. The Kier molecular flexibility index (Phi) is 3.32. The minimum atomic E-state index is -0.138. The van der Waals surface area contributed by atoms with E-state index < -0.39 is 0 Å². The second-order valence-electron chi connectivity index (χ2n) is 3.31. The van der Waals surface area contributed by atoms with E-state index in [0.717, 1.165) is 11.3 Å². The predicted molar refractivity (Wildman–Crippen MR) is 53.1 cm³/mol. The number of benzene rings is 1. The van der Waals surface area contributed by atoms with E-state index in [9.17, 15) is 0 Å². The van der Waals surface area contributed by atoms with Gasteiger partial charge in [0.1, 0.15) is 11.9 Å². The minimum absolute atomic E-state index is 0.0490. The van der Waals surface area contributed by atoms with Gasteiger partial charge in [0, 0.05) is 0 Å². The molecule has 0 aliphatic heterocycles. The summed E-state index contributed by atoms with van der Waals surface area (Å²) in [4.78, 5) is 0. The van der Waals surface area contributed by atoms with Crippen molar-refractivity contribution in [3.8, 4) is 5.75 Å². The maximum Gasteiger partial charge on any atom is 0.123 e. The van der Waals surface area contributed by atoms with Crippen molar-refractivity contribution < 1.29 is 9.84 Å². The number of ether oxygens (including phenoxy) is 1. The molecule has 0 heterocycles. The van der Waals surface area contributed by atoms with Crippen molar-refractivity contribution in [3.63, 3.8) is 0 Å². The Morgan fingerprint density at radius 3 is 2.69 bits per heavy atom. The monoisotopic (exact) mass is 180 g/mol. The molecule has 0 aliphatic rings. The highest BCUT2D eigenvalue weighted by molar-refractivity contribution is 5.38. The van der Waals surface area contributed by atoms with E-state index in [1.807, 2.05) is 39.0 Å². The Balaban J connectivity index is 2.83. The number of aryl methyl sites for hydroxylation is 1. The predicted octanol–water partition coefficient (Wildman–Crippen LogP) is 2.06. The molecule has 0 radical (unpaired) electrons. The second kappa shape index (κ2) is 4.28. The van der Waals surface area contributed by atoms with Crippen LogP contribution in [0.2, 0.25) is 0 Å². The zero-order valence-corrected chi connectivity index (χ0v) is 8.37. The van der Waals surface area contributed by atoms with Crippen LogP contribution in [0.5, 0.6) is 5.75 Å². The molecule has 0 aliphatic carbocycles. The Hall–Kier alpha value is -1.02. The van der Waals surface area contributed by atoms with Crippen LogP contribution in [0.3, 0.4) is 0 Å². The maximum absolute atomic E-state index is 8.83. The minimum Gasteiger partial charge on any atom is -0.488 e. The summed E-state index contributed by atoms with van der Waals surface area (Å²) in [7, 11) is 0. The maximum atomic E-state index is 8.83. The average Bonchev–Trinajstić information content (AvgIpc) is 2.13. The lowest BCUT2D eigenvalue weighted by Crippen LogP contribution is -2.16. The number of hydrogen-bond donors (Lipinski definition) is 1. The third-order valence-electron chi connectivity index (χ3n) is 2.14. The molecule has 0 fully saturated rings. The molecule has 1 rings (SSSR count). The third-order valence-corrected chi connectivity index (χ3v) is 2.14. The number of aliphatic hydroxyl groups is 1. The zero-order chi connectivity index (χ0) is 9.84. The van der Waals surface area contributed by atoms with Crippen molar-refractivity contribution in [2.75, 3.05) is 6.61 Å². The molecule has 13 heavy (non-hydrogen) atoms. The molecule has 2 heteroatoms. The van der Waals surface area contributed by atoms with Gasteiger partial charge in [0.25, 0.3) is 0 Å². The summed E-state index contributed by atoms with van der Waals surface area (Å²) in [5.74, 6) is 0.863. The first-order chi connectivity index (χ1) is 6.15. The Bertz CT molecular complexity index is 281. The Morgan fingerprint density at radius 1 is 1.38 bits per heavy atom. The SMILES string of the molecule is Cc1cccc(OC(C)CO)c1C. The molecule has 0 spiro atoms. The molecule has 0 aromatic heterocycles. The lowest BCUT2D eigenvalue weighted by Gasteiger charge is -2.14. The standard InChI is InChI=1S/C11H16O2/c1-8-5-4-6-11(10(8)3)13-9(2)7-12/h4-6,9,12H,7H2,1-3H3. The van der Waals surface area contributed by atoms with Crippen LogP contribution < -0.4 is 4.74 Å². The topological polar surface area (TPSA) is 29.5 Å². The van der Waals surface area contributed by atoms with Gasteiger partial charge in [-0.1, -0.05) is 12.1 Å². The Morgan fingerprint density at radius 2 is 2.08 bits per heavy atom. The van der Waals surface area contributed by atoms with E-state index in [2.05, 4.69) is 0 Å². The van der Waals surface area contributed by atoms with Crippen molar-refractivity contribution in [1.29, 1.82) is 0 Å². The van der Waals surface area contributed by atoms with Gasteiger partial charge in [-0.2, -0.15) is 0 Å². The van der Waals surface area contributed by atoms with Crippen LogP contribution in [-0.4, -0.2) is 17.8 Å². The quantitative estimate of drug-likeness (QED) is 0.771. The molecule has 1 aromatic carbocycles. The van der Waals surface area contributed by atoms with Gasteiger partial charge < -0.3 is 9.84 Å². The van der Waals surface area contributed by atoms with E-state index in [-0.39, 0.29) is 12.7 Å². The first-order valence-corrected chi connectivity index (χ1v) is 4.49. The molecule has 0 amide bonds. The highest BCUT2D eigenvalue weighted by Gasteiger charge is 2.05. The Labute approximate surface area is 79.2 Å². The average molecular weight is 180 g/mol. The number of rotatable bonds is 3. The fourth-order valence-corrected chi connectivity index (χ4v) is 1.11. The van der Waals surface area contributed by atoms with Crippen LogP contribution in [0, 0.1) is 13.8 Å². The molecular formula is C11H16O2. The fraction of sp³-hybridized carbons (Fsp3) is 0.455. The van der Waals surface area contributed by atoms with Gasteiger partial charge in [0.2, 0.25) is 0 Å². The summed E-state index contributed by atoms with van der Waals surface area (Å²) < 4.78 is 5.53. The summed E-state index contributed by atoms with van der Waals surface area (Å²) in [5.41, 5.74) is 2.35. The lowest BCUT2D eigenvalue weighted by molar-refractivity contribution is 0.129. The molecule has 72 valence electrons. The normalized spacial score (nSPS) is 12.6. The molecule has 1 aromatic rings. The van der Waals surface area contributed by atoms with E-state index >= 15 is 0 Å². The van der Waals surface area contributed by atoms with Crippen molar-refractivity contribution in [2.45, 2.75) is 26.9 Å². The summed E-state index contributed by atoms with van der Waals surface area (Å²) in [5, 5.41) is 8.83. The first kappa shape index (κ1) is 10.1. The molecule has 1 unspecified atom stereocenters. The van der Waals surface area contributed by atoms with Crippen LogP contribution in [0.25, 0.3) is 0 Å². The molecule has 2 nitrogen and oxygen atoms in total. The van der Waals surface area contributed by atoms with Gasteiger partial charge in [-0.3, -0.25) is 0 Å². The van der Waals surface area contributed by atoms with E-state index in [1.54, 1.807) is 0 Å². The molecular weight excluding hydrogens is 164 g/mol. The van der Waals surface area contributed by atoms with Crippen LogP contribution in [0.1, 0.15) is 18.1 Å². The van der Waals surface area contributed by atoms with Crippen LogP contribution >= 0.6 is 0 Å². The highest BCUT2D eigenvalue weighted by atomic mass is 16.5. The summed E-state index contributed by atoms with van der Waals surface area (Å²) in [6.45, 7) is 5.97. The van der Waals surface area contributed by atoms with Gasteiger partial charge in [-0.25, -0.2) is 0 Å². The van der Waals surface area contributed by atoms with Crippen LogP contribution in [-0.2, 0) is 0 Å². The molecule has 0 saturated heterocycles. The van der Waals surface area contributed by atoms with Crippen LogP contribution in [0.4, 0.5) is 0 Å². The summed E-state index contributed by atoms with van der Waals surface area (Å²) >= 11 is 0. The molecule has 0 saturated carbocycles. The van der Waals surface area contributed by atoms with Crippen molar-refractivity contribution >= 4 is 0 Å². The lowest BCUT2D eigenvalue weighted by atomic mass is 10.1. The summed E-state index contributed by atoms with van der Waals surface area (Å²) in [6.07, 6.45) is -0.138. The largest absolute Gasteiger partial charge is 0.488 e. The van der Waals surface area contributed by atoms with Gasteiger partial charge in [0.15, 0.2) is 0 Å². The molecule has 1 atom stereocenters. The zero-order valence-electron chi connectivity index (χ0n) is 8.37. The van der Waals surface area contributed by atoms with E-state index in [0.29, 0.717) is 0 Å². The van der Waals surface area contributed by atoms with Gasteiger partial charge >= 0.3 is 0 Å². The third kappa shape index (κ3) is 2.46. The van der Waals surface area contributed by atoms with Crippen molar-refractivity contribution in [1.82, 2.24) is 0 Å². The van der Waals surface area contributed by atoms with Crippen LogP contribution in [0.15, 0.2) is 18.2 Å². The fourth-order valence-electron chi connectivity index (χ4n) is 1.11. The van der Waals surface area contributed by atoms with Gasteiger partial charge in [0.05, 0.1) is 6.61 Å². The second-order valence-corrected chi connectivity index (χ2v) is 3.31. The van der Waals surface area contributed by atoms with Gasteiger partial charge in [-0.05, 0) is 38.0 Å². The molecule has 0 bridgehead atoms. The van der Waals surface area contributed by atoms with E-state index in [1.165, 1.54) is 5.56 Å². The number of aliphatic hydroxyl groups excluding tert-OH is 1. The van der Waals surface area contributed by atoms with Crippen molar-refractivity contribution in [3.05, 3.63) is 29.3 Å². The molecule has 1 N–H and O–H groups in total. The highest BCUT2D eigenvalue weighted by Crippen LogP contribution is 2.21.